The number of carbonyl (C=O) groups excluding carboxylic acids is 1. The molecule has 10 heteroatoms. The van der Waals surface area contributed by atoms with E-state index in [0.717, 1.165) is 15.1 Å². The molecule has 0 saturated heterocycles. The van der Waals surface area contributed by atoms with Crippen molar-refractivity contribution in [2.24, 2.45) is 0 Å². The molecule has 5 aromatic rings. The van der Waals surface area contributed by atoms with Crippen LogP contribution in [-0.4, -0.2) is 30.6 Å². The molecule has 5 rings (SSSR count). The highest BCUT2D eigenvalue weighted by Crippen LogP contribution is 2.28. The number of nitrogens with one attached hydrogen (secondary N) is 2. The highest BCUT2D eigenvalue weighted by molar-refractivity contribution is 7.20. The van der Waals surface area contributed by atoms with E-state index in [0.29, 0.717) is 22.2 Å². The Morgan fingerprint density at radius 2 is 2.00 bits per heavy atom. The molecule has 0 aliphatic rings. The summed E-state index contributed by atoms with van der Waals surface area (Å²) in [5.74, 6) is 0.254. The Kier molecular flexibility index (Phi) is 4.49. The highest BCUT2D eigenvalue weighted by atomic mass is 32.1. The van der Waals surface area contributed by atoms with Gasteiger partial charge in [-0.05, 0) is 30.5 Å². The molecule has 0 unspecified atom stereocenters. The normalized spacial score (nSPS) is 11.1. The molecule has 0 saturated carbocycles. The monoisotopic (exact) mass is 434 g/mol. The summed E-state index contributed by atoms with van der Waals surface area (Å²) >= 11 is 2.84. The summed E-state index contributed by atoms with van der Waals surface area (Å²) in [7, 11) is 0. The number of nitrogens with zero attached hydrogens (tertiary/aromatic N) is 4. The lowest BCUT2D eigenvalue weighted by molar-refractivity contribution is 0.102. The molecule has 1 aromatic carbocycles. The average Bonchev–Trinajstić information content (AvgIpc) is 3.46. The standard InChI is InChI=1S/C20H14N6O2S2/c1-11-9-17(27)24-20(21-11)26-16(10-13(25-26)14-7-4-8-29-14)23-18(28)19-22-12-5-2-3-6-15(12)30-19/h2-10H,1H3,(H,23,28)(H,21,24,27). The van der Waals surface area contributed by atoms with Crippen LogP contribution >= 0.6 is 22.7 Å². The van der Waals surface area contributed by atoms with Crippen LogP contribution in [0.15, 0.2) is 58.7 Å². The molecule has 0 fully saturated rings. The molecule has 0 bridgehead atoms. The number of anilines is 1. The summed E-state index contributed by atoms with van der Waals surface area (Å²) in [6.45, 7) is 1.72. The largest absolute Gasteiger partial charge is 0.304 e. The molecule has 0 radical (unpaired) electrons. The van der Waals surface area contributed by atoms with E-state index in [1.54, 1.807) is 13.0 Å². The van der Waals surface area contributed by atoms with Gasteiger partial charge in [0.15, 0.2) is 5.01 Å². The van der Waals surface area contributed by atoms with Crippen molar-refractivity contribution in [3.8, 4) is 16.5 Å². The molecule has 0 aliphatic carbocycles. The lowest BCUT2D eigenvalue weighted by Crippen LogP contribution is -2.18. The SMILES string of the molecule is Cc1cc(=O)[nH]c(-n2nc(-c3cccs3)cc2NC(=O)c2nc3ccccc3s2)n1. The second-order valence-corrected chi connectivity index (χ2v) is 8.43. The van der Waals surface area contributed by atoms with Gasteiger partial charge in [0.2, 0.25) is 5.95 Å². The van der Waals surface area contributed by atoms with Gasteiger partial charge in [0.05, 0.1) is 15.1 Å². The minimum Gasteiger partial charge on any atom is -0.304 e. The Bertz CT molecular complexity index is 1400. The summed E-state index contributed by atoms with van der Waals surface area (Å²) in [5, 5.41) is 9.70. The number of hydrogen-bond donors (Lipinski definition) is 2. The van der Waals surface area contributed by atoms with Crippen molar-refractivity contribution >= 4 is 44.6 Å². The first-order chi connectivity index (χ1) is 14.6. The molecular weight excluding hydrogens is 420 g/mol. The third-order valence-corrected chi connectivity index (χ3v) is 6.20. The van der Waals surface area contributed by atoms with Gasteiger partial charge in [0.1, 0.15) is 11.5 Å². The van der Waals surface area contributed by atoms with Crippen LogP contribution in [0.25, 0.3) is 26.7 Å². The number of hydrogen-bond acceptors (Lipinski definition) is 7. The van der Waals surface area contributed by atoms with Gasteiger partial charge in [-0.2, -0.15) is 9.78 Å². The third-order valence-electron chi connectivity index (χ3n) is 4.27. The summed E-state index contributed by atoms with van der Waals surface area (Å²) in [6, 6.07) is 14.6. The fourth-order valence-corrected chi connectivity index (χ4v) is 4.52. The molecule has 0 aliphatic heterocycles. The first-order valence-electron chi connectivity index (χ1n) is 8.96. The molecule has 1 amide bonds. The van der Waals surface area contributed by atoms with E-state index in [-0.39, 0.29) is 17.4 Å². The quantitative estimate of drug-likeness (QED) is 0.447. The molecule has 30 heavy (non-hydrogen) atoms. The molecule has 148 valence electrons. The van der Waals surface area contributed by atoms with Crippen molar-refractivity contribution < 1.29 is 4.79 Å². The lowest BCUT2D eigenvalue weighted by Gasteiger charge is -2.07. The summed E-state index contributed by atoms with van der Waals surface area (Å²) in [5.41, 5.74) is 1.68. The fourth-order valence-electron chi connectivity index (χ4n) is 2.98. The third kappa shape index (κ3) is 3.42. The van der Waals surface area contributed by atoms with Crippen molar-refractivity contribution in [3.05, 3.63) is 75.0 Å². The van der Waals surface area contributed by atoms with E-state index in [4.69, 9.17) is 0 Å². The van der Waals surface area contributed by atoms with E-state index in [2.05, 4.69) is 25.4 Å². The number of H-pyrrole nitrogens is 1. The molecule has 8 nitrogen and oxygen atoms in total. The number of carbonyl (C=O) groups is 1. The maximum atomic E-state index is 12.9. The maximum absolute atomic E-state index is 12.9. The van der Waals surface area contributed by atoms with Crippen molar-refractivity contribution in [1.82, 2.24) is 24.7 Å². The van der Waals surface area contributed by atoms with Crippen LogP contribution in [0.1, 0.15) is 15.5 Å². The van der Waals surface area contributed by atoms with Crippen LogP contribution in [0.5, 0.6) is 0 Å². The second kappa shape index (κ2) is 7.32. The first kappa shape index (κ1) is 18.4. The Morgan fingerprint density at radius 3 is 2.77 bits per heavy atom. The van der Waals surface area contributed by atoms with Crippen LogP contribution in [0.3, 0.4) is 0 Å². The highest BCUT2D eigenvalue weighted by Gasteiger charge is 2.19. The first-order valence-corrected chi connectivity index (χ1v) is 10.7. The average molecular weight is 435 g/mol. The van der Waals surface area contributed by atoms with Gasteiger partial charge in [-0.1, -0.05) is 18.2 Å². The van der Waals surface area contributed by atoms with Gasteiger partial charge >= 0.3 is 0 Å². The predicted octanol–water partition coefficient (Wildman–Crippen LogP) is 3.85. The molecule has 0 spiro atoms. The zero-order valence-corrected chi connectivity index (χ0v) is 17.3. The summed E-state index contributed by atoms with van der Waals surface area (Å²) in [6.07, 6.45) is 0. The van der Waals surface area contributed by atoms with Crippen molar-refractivity contribution in [2.75, 3.05) is 5.32 Å². The molecule has 2 N–H and O–H groups in total. The lowest BCUT2D eigenvalue weighted by atomic mass is 10.3. The fraction of sp³-hybridized carbons (Fsp3) is 0.0500. The number of aryl methyl sites for hydroxylation is 1. The molecule has 0 atom stereocenters. The van der Waals surface area contributed by atoms with Crippen LogP contribution < -0.4 is 10.9 Å². The Morgan fingerprint density at radius 1 is 1.13 bits per heavy atom. The molecule has 4 heterocycles. The van der Waals surface area contributed by atoms with E-state index >= 15 is 0 Å². The molecule has 4 aromatic heterocycles. The number of benzene rings is 1. The van der Waals surface area contributed by atoms with Gasteiger partial charge in [-0.3, -0.25) is 14.6 Å². The minimum atomic E-state index is -0.356. The molecular formula is C20H14N6O2S2. The van der Waals surface area contributed by atoms with Gasteiger partial charge in [0.25, 0.3) is 11.5 Å². The van der Waals surface area contributed by atoms with Crippen molar-refractivity contribution in [3.63, 3.8) is 0 Å². The number of thiophene rings is 1. The van der Waals surface area contributed by atoms with Gasteiger partial charge in [-0.15, -0.1) is 22.7 Å². The smallest absolute Gasteiger partial charge is 0.285 e. The topological polar surface area (TPSA) is 106 Å². The van der Waals surface area contributed by atoms with Gasteiger partial charge < -0.3 is 5.32 Å². The number of rotatable bonds is 4. The Balaban J connectivity index is 1.57. The van der Waals surface area contributed by atoms with E-state index < -0.39 is 0 Å². The van der Waals surface area contributed by atoms with Crippen LogP contribution in [-0.2, 0) is 0 Å². The van der Waals surface area contributed by atoms with E-state index in [1.807, 2.05) is 41.8 Å². The Hall–Kier alpha value is -3.63. The zero-order valence-electron chi connectivity index (χ0n) is 15.6. The summed E-state index contributed by atoms with van der Waals surface area (Å²) < 4.78 is 2.36. The number of aromatic amines is 1. The second-order valence-electron chi connectivity index (χ2n) is 6.46. The van der Waals surface area contributed by atoms with Crippen LogP contribution in [0.4, 0.5) is 5.82 Å². The van der Waals surface area contributed by atoms with Gasteiger partial charge in [-0.25, -0.2) is 9.97 Å². The maximum Gasteiger partial charge on any atom is 0.285 e. The summed E-state index contributed by atoms with van der Waals surface area (Å²) in [4.78, 5) is 37.2. The zero-order chi connectivity index (χ0) is 20.7. The van der Waals surface area contributed by atoms with E-state index in [1.165, 1.54) is 33.4 Å². The number of para-hydroxylation sites is 1. The van der Waals surface area contributed by atoms with Crippen LogP contribution in [0.2, 0.25) is 0 Å². The van der Waals surface area contributed by atoms with Crippen LogP contribution in [0, 0.1) is 6.92 Å². The van der Waals surface area contributed by atoms with Gasteiger partial charge in [0, 0.05) is 17.8 Å². The van der Waals surface area contributed by atoms with E-state index in [9.17, 15) is 9.59 Å². The number of amides is 1. The number of aromatic nitrogens is 5. The predicted molar refractivity (Wildman–Crippen MR) is 118 cm³/mol. The Labute approximate surface area is 177 Å². The number of thiazole rings is 1. The number of fused-ring (bicyclic) bond motifs is 1. The van der Waals surface area contributed by atoms with Crippen molar-refractivity contribution in [1.29, 1.82) is 0 Å². The minimum absolute atomic E-state index is 0.224. The van der Waals surface area contributed by atoms with Crippen molar-refractivity contribution in [2.45, 2.75) is 6.92 Å².